The van der Waals surface area contributed by atoms with Crippen LogP contribution in [0.3, 0.4) is 0 Å². The SMILES string of the molecule is Cc1cc(C)c(C2CCC2CNC(C)(C)C)c(F)c1. The molecule has 1 nitrogen and oxygen atoms in total. The third-order valence-electron chi connectivity index (χ3n) is 4.16. The van der Waals surface area contributed by atoms with Gasteiger partial charge in [-0.25, -0.2) is 4.39 Å². The molecule has 2 unspecified atom stereocenters. The van der Waals surface area contributed by atoms with Gasteiger partial charge >= 0.3 is 0 Å². The first-order valence-electron chi connectivity index (χ1n) is 7.29. The average Bonchev–Trinajstić information content (AvgIpc) is 2.19. The smallest absolute Gasteiger partial charge is 0.127 e. The van der Waals surface area contributed by atoms with E-state index in [0.717, 1.165) is 29.7 Å². The summed E-state index contributed by atoms with van der Waals surface area (Å²) in [5.41, 5.74) is 3.23. The van der Waals surface area contributed by atoms with E-state index in [0.29, 0.717) is 11.8 Å². The first-order chi connectivity index (χ1) is 8.78. The minimum atomic E-state index is -0.0111. The van der Waals surface area contributed by atoms with Crippen LogP contribution in [0.4, 0.5) is 4.39 Å². The second-order valence-corrected chi connectivity index (χ2v) is 7.05. The summed E-state index contributed by atoms with van der Waals surface area (Å²) in [4.78, 5) is 0. The summed E-state index contributed by atoms with van der Waals surface area (Å²) in [7, 11) is 0. The molecule has 1 aromatic carbocycles. The normalized spacial score (nSPS) is 23.3. The van der Waals surface area contributed by atoms with E-state index >= 15 is 0 Å². The topological polar surface area (TPSA) is 12.0 Å². The van der Waals surface area contributed by atoms with Gasteiger partial charge in [0.15, 0.2) is 0 Å². The molecule has 19 heavy (non-hydrogen) atoms. The molecule has 2 heteroatoms. The minimum absolute atomic E-state index is 0.0111. The van der Waals surface area contributed by atoms with Crippen molar-refractivity contribution < 1.29 is 4.39 Å². The highest BCUT2D eigenvalue weighted by Crippen LogP contribution is 2.44. The molecular formula is C17H26FN. The van der Waals surface area contributed by atoms with Crippen molar-refractivity contribution >= 4 is 0 Å². The highest BCUT2D eigenvalue weighted by molar-refractivity contribution is 5.36. The fourth-order valence-electron chi connectivity index (χ4n) is 3.03. The van der Waals surface area contributed by atoms with Gasteiger partial charge in [-0.3, -0.25) is 0 Å². The summed E-state index contributed by atoms with van der Waals surface area (Å²) in [6.45, 7) is 11.5. The van der Waals surface area contributed by atoms with Gasteiger partial charge in [0.25, 0.3) is 0 Å². The van der Waals surface area contributed by atoms with E-state index in [2.05, 4.69) is 32.2 Å². The van der Waals surface area contributed by atoms with E-state index in [1.165, 1.54) is 6.42 Å². The lowest BCUT2D eigenvalue weighted by atomic mass is 9.68. The van der Waals surface area contributed by atoms with Crippen molar-refractivity contribution in [1.29, 1.82) is 0 Å². The van der Waals surface area contributed by atoms with Crippen molar-refractivity contribution in [3.63, 3.8) is 0 Å². The van der Waals surface area contributed by atoms with Gasteiger partial charge in [-0.15, -0.1) is 0 Å². The number of benzene rings is 1. The molecule has 0 aromatic heterocycles. The molecule has 1 aliphatic carbocycles. The van der Waals surface area contributed by atoms with E-state index in [-0.39, 0.29) is 11.4 Å². The van der Waals surface area contributed by atoms with Crippen LogP contribution in [0, 0.1) is 25.6 Å². The largest absolute Gasteiger partial charge is 0.312 e. The first-order valence-corrected chi connectivity index (χ1v) is 7.29. The molecule has 1 aliphatic rings. The van der Waals surface area contributed by atoms with Crippen molar-refractivity contribution in [2.75, 3.05) is 6.54 Å². The molecule has 0 heterocycles. The Morgan fingerprint density at radius 1 is 1.21 bits per heavy atom. The van der Waals surface area contributed by atoms with Crippen molar-refractivity contribution in [3.8, 4) is 0 Å². The summed E-state index contributed by atoms with van der Waals surface area (Å²) in [5.74, 6) is 0.966. The molecule has 1 fully saturated rings. The zero-order valence-electron chi connectivity index (χ0n) is 12.8. The number of nitrogens with one attached hydrogen (secondary N) is 1. The Labute approximate surface area is 116 Å². The van der Waals surface area contributed by atoms with Gasteiger partial charge in [-0.05, 0) is 88.6 Å². The lowest BCUT2D eigenvalue weighted by Gasteiger charge is -2.40. The third kappa shape index (κ3) is 3.36. The second kappa shape index (κ2) is 5.24. The molecule has 2 rings (SSSR count). The maximum atomic E-state index is 14.2. The van der Waals surface area contributed by atoms with Crippen LogP contribution in [0.5, 0.6) is 0 Å². The van der Waals surface area contributed by atoms with E-state index in [1.807, 2.05) is 13.8 Å². The van der Waals surface area contributed by atoms with Crippen LogP contribution in [0.15, 0.2) is 12.1 Å². The van der Waals surface area contributed by atoms with Crippen LogP contribution in [-0.2, 0) is 0 Å². The monoisotopic (exact) mass is 263 g/mol. The van der Waals surface area contributed by atoms with E-state index in [4.69, 9.17) is 0 Å². The minimum Gasteiger partial charge on any atom is -0.312 e. The van der Waals surface area contributed by atoms with E-state index in [9.17, 15) is 4.39 Å². The van der Waals surface area contributed by atoms with Crippen LogP contribution in [0.1, 0.15) is 56.2 Å². The number of halogens is 1. The number of hydrogen-bond acceptors (Lipinski definition) is 1. The molecule has 0 radical (unpaired) electrons. The Morgan fingerprint density at radius 2 is 1.89 bits per heavy atom. The molecule has 0 bridgehead atoms. The maximum Gasteiger partial charge on any atom is 0.127 e. The molecule has 106 valence electrons. The van der Waals surface area contributed by atoms with Crippen molar-refractivity contribution in [3.05, 3.63) is 34.6 Å². The molecule has 1 saturated carbocycles. The first kappa shape index (κ1) is 14.5. The summed E-state index contributed by atoms with van der Waals surface area (Å²) in [6.07, 6.45) is 2.33. The van der Waals surface area contributed by atoms with Gasteiger partial charge in [-0.1, -0.05) is 6.07 Å². The van der Waals surface area contributed by atoms with Gasteiger partial charge in [-0.2, -0.15) is 0 Å². The van der Waals surface area contributed by atoms with Crippen molar-refractivity contribution in [2.45, 2.75) is 58.9 Å². The number of aryl methyl sites for hydroxylation is 2. The third-order valence-corrected chi connectivity index (χ3v) is 4.16. The summed E-state index contributed by atoms with van der Waals surface area (Å²) < 4.78 is 14.2. The maximum absolute atomic E-state index is 14.2. The van der Waals surface area contributed by atoms with Crippen LogP contribution in [0.2, 0.25) is 0 Å². The van der Waals surface area contributed by atoms with Crippen LogP contribution in [0.25, 0.3) is 0 Å². The molecule has 0 aliphatic heterocycles. The summed E-state index contributed by atoms with van der Waals surface area (Å²) >= 11 is 0. The molecular weight excluding hydrogens is 237 g/mol. The van der Waals surface area contributed by atoms with Gasteiger partial charge < -0.3 is 5.32 Å². The van der Waals surface area contributed by atoms with Crippen molar-refractivity contribution in [1.82, 2.24) is 5.32 Å². The fraction of sp³-hybridized carbons (Fsp3) is 0.647. The Kier molecular flexibility index (Phi) is 4.00. The predicted molar refractivity (Wildman–Crippen MR) is 79.1 cm³/mol. The molecule has 1 aromatic rings. The zero-order chi connectivity index (χ0) is 14.2. The summed E-state index contributed by atoms with van der Waals surface area (Å²) in [6, 6.07) is 3.78. The second-order valence-electron chi connectivity index (χ2n) is 7.05. The Hall–Kier alpha value is -0.890. The van der Waals surface area contributed by atoms with Gasteiger partial charge in [0.1, 0.15) is 5.82 Å². The van der Waals surface area contributed by atoms with E-state index in [1.54, 1.807) is 6.07 Å². The molecule has 1 N–H and O–H groups in total. The van der Waals surface area contributed by atoms with Crippen LogP contribution in [-0.4, -0.2) is 12.1 Å². The lowest BCUT2D eigenvalue weighted by Crippen LogP contribution is -2.43. The van der Waals surface area contributed by atoms with Crippen molar-refractivity contribution in [2.24, 2.45) is 5.92 Å². The van der Waals surface area contributed by atoms with E-state index < -0.39 is 0 Å². The summed E-state index contributed by atoms with van der Waals surface area (Å²) in [5, 5.41) is 3.55. The Morgan fingerprint density at radius 3 is 2.37 bits per heavy atom. The van der Waals surface area contributed by atoms with Crippen LogP contribution >= 0.6 is 0 Å². The van der Waals surface area contributed by atoms with Gasteiger partial charge in [0.2, 0.25) is 0 Å². The lowest BCUT2D eigenvalue weighted by molar-refractivity contribution is 0.221. The average molecular weight is 263 g/mol. The van der Waals surface area contributed by atoms with Crippen LogP contribution < -0.4 is 5.32 Å². The molecule has 0 saturated heterocycles. The van der Waals surface area contributed by atoms with Gasteiger partial charge in [0.05, 0.1) is 0 Å². The number of rotatable bonds is 3. The van der Waals surface area contributed by atoms with Gasteiger partial charge in [0, 0.05) is 5.54 Å². The highest BCUT2D eigenvalue weighted by atomic mass is 19.1. The molecule has 2 atom stereocenters. The Bertz CT molecular complexity index is 436. The predicted octanol–water partition coefficient (Wildman–Crippen LogP) is 4.32. The number of hydrogen-bond donors (Lipinski definition) is 1. The molecule has 0 amide bonds. The quantitative estimate of drug-likeness (QED) is 0.856. The zero-order valence-corrected chi connectivity index (χ0v) is 12.8. The highest BCUT2D eigenvalue weighted by Gasteiger charge is 2.35. The Balaban J connectivity index is 2.11. The fourth-order valence-corrected chi connectivity index (χ4v) is 3.03. The standard InChI is InChI=1S/C17H26FN/c1-11-8-12(2)16(15(18)9-11)14-7-6-13(14)10-19-17(3,4)5/h8-9,13-14,19H,6-7,10H2,1-5H3. The molecule has 0 spiro atoms.